The second kappa shape index (κ2) is 7.20. The number of Topliss-reactive ketones (excluding diaryl/α,β-unsaturated/α-hetero) is 1. The molecule has 1 aromatic carbocycles. The molecule has 124 valence electrons. The Labute approximate surface area is 148 Å². The standard InChI is InChI=1S/C18H15ClO4S/c1-2-14-4-6-17(24-14)15(20)10-23-18(21)12-7-11-8-13(19)3-5-16(11)22-9-12/h3-8H,2,9-10H2,1H3. The van der Waals surface area contributed by atoms with Crippen molar-refractivity contribution in [2.75, 3.05) is 13.2 Å². The number of aryl methyl sites for hydroxylation is 1. The van der Waals surface area contributed by atoms with Crippen LogP contribution in [0.15, 0.2) is 35.9 Å². The Bertz CT molecular complexity index is 822. The van der Waals surface area contributed by atoms with Crippen LogP contribution >= 0.6 is 22.9 Å². The van der Waals surface area contributed by atoms with Crippen LogP contribution in [0, 0.1) is 0 Å². The SMILES string of the molecule is CCc1ccc(C(=O)COC(=O)C2=Cc3cc(Cl)ccc3OC2)s1. The van der Waals surface area contributed by atoms with Crippen LogP contribution in [-0.4, -0.2) is 25.0 Å². The minimum Gasteiger partial charge on any atom is -0.488 e. The quantitative estimate of drug-likeness (QED) is 0.591. The Kier molecular flexibility index (Phi) is 5.02. The summed E-state index contributed by atoms with van der Waals surface area (Å²) in [6, 6.07) is 8.87. The Morgan fingerprint density at radius 1 is 1.29 bits per heavy atom. The van der Waals surface area contributed by atoms with Crippen molar-refractivity contribution in [3.05, 3.63) is 56.2 Å². The summed E-state index contributed by atoms with van der Waals surface area (Å²) < 4.78 is 10.6. The number of benzene rings is 1. The molecule has 0 unspecified atom stereocenters. The van der Waals surface area contributed by atoms with E-state index in [1.807, 2.05) is 13.0 Å². The summed E-state index contributed by atoms with van der Waals surface area (Å²) in [6.07, 6.45) is 2.56. The first-order valence-corrected chi connectivity index (χ1v) is 8.68. The number of fused-ring (bicyclic) bond motifs is 1. The molecule has 3 rings (SSSR count). The van der Waals surface area contributed by atoms with E-state index in [0.29, 0.717) is 21.2 Å². The van der Waals surface area contributed by atoms with E-state index in [2.05, 4.69) is 0 Å². The number of rotatable bonds is 5. The van der Waals surface area contributed by atoms with E-state index in [0.717, 1.165) is 16.9 Å². The van der Waals surface area contributed by atoms with Crippen molar-refractivity contribution in [3.8, 4) is 5.75 Å². The molecule has 0 fully saturated rings. The van der Waals surface area contributed by atoms with E-state index in [1.165, 1.54) is 11.3 Å². The fraction of sp³-hybridized carbons (Fsp3) is 0.222. The minimum atomic E-state index is -0.554. The summed E-state index contributed by atoms with van der Waals surface area (Å²) in [5, 5.41) is 0.558. The third-order valence-electron chi connectivity index (χ3n) is 3.57. The van der Waals surface area contributed by atoms with E-state index < -0.39 is 5.97 Å². The van der Waals surface area contributed by atoms with Gasteiger partial charge in [0.05, 0.1) is 10.5 Å². The van der Waals surface area contributed by atoms with Crippen LogP contribution in [0.25, 0.3) is 6.08 Å². The zero-order chi connectivity index (χ0) is 17.1. The number of carbonyl (C=O) groups is 2. The highest BCUT2D eigenvalue weighted by Gasteiger charge is 2.20. The summed E-state index contributed by atoms with van der Waals surface area (Å²) in [6.45, 7) is 1.86. The molecule has 1 aliphatic heterocycles. The first-order valence-electron chi connectivity index (χ1n) is 7.48. The lowest BCUT2D eigenvalue weighted by molar-refractivity contribution is -0.138. The molecule has 0 amide bonds. The summed E-state index contributed by atoms with van der Waals surface area (Å²) in [5.74, 6) is -0.0900. The van der Waals surface area contributed by atoms with E-state index in [4.69, 9.17) is 21.1 Å². The van der Waals surface area contributed by atoms with Gasteiger partial charge in [-0.15, -0.1) is 11.3 Å². The summed E-state index contributed by atoms with van der Waals surface area (Å²) >= 11 is 7.37. The highest BCUT2D eigenvalue weighted by Crippen LogP contribution is 2.29. The number of hydrogen-bond acceptors (Lipinski definition) is 5. The van der Waals surface area contributed by atoms with Gasteiger partial charge >= 0.3 is 5.97 Å². The predicted octanol–water partition coefficient (Wildman–Crippen LogP) is 4.17. The van der Waals surface area contributed by atoms with Gasteiger partial charge in [-0.3, -0.25) is 4.79 Å². The van der Waals surface area contributed by atoms with E-state index in [-0.39, 0.29) is 19.0 Å². The molecule has 0 atom stereocenters. The fourth-order valence-electron chi connectivity index (χ4n) is 2.28. The van der Waals surface area contributed by atoms with Crippen molar-refractivity contribution in [1.29, 1.82) is 0 Å². The van der Waals surface area contributed by atoms with Crippen LogP contribution in [0.4, 0.5) is 0 Å². The number of carbonyl (C=O) groups excluding carboxylic acids is 2. The molecule has 1 aliphatic rings. The number of halogens is 1. The number of ether oxygens (including phenoxy) is 2. The van der Waals surface area contributed by atoms with Gasteiger partial charge in [0.1, 0.15) is 12.4 Å². The third kappa shape index (κ3) is 3.68. The van der Waals surface area contributed by atoms with Gasteiger partial charge in [-0.05, 0) is 42.8 Å². The van der Waals surface area contributed by atoms with Crippen molar-refractivity contribution in [1.82, 2.24) is 0 Å². The second-order valence-corrected chi connectivity index (χ2v) is 6.86. The smallest absolute Gasteiger partial charge is 0.337 e. The summed E-state index contributed by atoms with van der Waals surface area (Å²) in [5.41, 5.74) is 1.08. The van der Waals surface area contributed by atoms with Crippen molar-refractivity contribution in [3.63, 3.8) is 0 Å². The molecule has 2 aromatic rings. The van der Waals surface area contributed by atoms with Crippen LogP contribution in [-0.2, 0) is 16.0 Å². The first-order chi connectivity index (χ1) is 11.6. The van der Waals surface area contributed by atoms with Gasteiger partial charge in [0.15, 0.2) is 6.61 Å². The molecule has 0 saturated heterocycles. The molecule has 0 aliphatic carbocycles. The van der Waals surface area contributed by atoms with Gasteiger partial charge in [0.2, 0.25) is 5.78 Å². The number of thiophene rings is 1. The van der Waals surface area contributed by atoms with Gasteiger partial charge in [-0.2, -0.15) is 0 Å². The van der Waals surface area contributed by atoms with E-state index in [1.54, 1.807) is 30.3 Å². The van der Waals surface area contributed by atoms with Crippen LogP contribution in [0.3, 0.4) is 0 Å². The average molecular weight is 363 g/mol. The largest absolute Gasteiger partial charge is 0.488 e. The van der Waals surface area contributed by atoms with Crippen molar-refractivity contribution < 1.29 is 19.1 Å². The molecule has 0 radical (unpaired) electrons. The highest BCUT2D eigenvalue weighted by atomic mass is 35.5. The van der Waals surface area contributed by atoms with E-state index in [9.17, 15) is 9.59 Å². The van der Waals surface area contributed by atoms with Crippen LogP contribution in [0.1, 0.15) is 27.0 Å². The first kappa shape index (κ1) is 16.7. The Hall–Kier alpha value is -2.11. The molecule has 4 nitrogen and oxygen atoms in total. The summed E-state index contributed by atoms with van der Waals surface area (Å²) in [7, 11) is 0. The lowest BCUT2D eigenvalue weighted by Crippen LogP contribution is -2.20. The maximum atomic E-state index is 12.1. The highest BCUT2D eigenvalue weighted by molar-refractivity contribution is 7.14. The van der Waals surface area contributed by atoms with Gasteiger partial charge in [-0.25, -0.2) is 4.79 Å². The maximum Gasteiger partial charge on any atom is 0.337 e. The number of ketones is 1. The second-order valence-electron chi connectivity index (χ2n) is 5.26. The predicted molar refractivity (Wildman–Crippen MR) is 93.9 cm³/mol. The molecule has 24 heavy (non-hydrogen) atoms. The van der Waals surface area contributed by atoms with Crippen LogP contribution < -0.4 is 4.74 Å². The van der Waals surface area contributed by atoms with Crippen molar-refractivity contribution >= 4 is 40.8 Å². The summed E-state index contributed by atoms with van der Waals surface area (Å²) in [4.78, 5) is 25.9. The van der Waals surface area contributed by atoms with Gasteiger partial charge in [-0.1, -0.05) is 18.5 Å². The number of hydrogen-bond donors (Lipinski definition) is 0. The van der Waals surface area contributed by atoms with E-state index >= 15 is 0 Å². The maximum absolute atomic E-state index is 12.1. The molecule has 2 heterocycles. The molecule has 0 N–H and O–H groups in total. The zero-order valence-electron chi connectivity index (χ0n) is 13.0. The van der Waals surface area contributed by atoms with Crippen molar-refractivity contribution in [2.45, 2.75) is 13.3 Å². The van der Waals surface area contributed by atoms with Gasteiger partial charge < -0.3 is 9.47 Å². The molecule has 0 spiro atoms. The molecule has 1 aromatic heterocycles. The monoisotopic (exact) mass is 362 g/mol. The third-order valence-corrected chi connectivity index (χ3v) is 5.07. The normalized spacial score (nSPS) is 12.8. The number of esters is 1. The topological polar surface area (TPSA) is 52.6 Å². The Morgan fingerprint density at radius 3 is 2.88 bits per heavy atom. The zero-order valence-corrected chi connectivity index (χ0v) is 14.6. The lowest BCUT2D eigenvalue weighted by atomic mass is 10.1. The molecule has 0 bridgehead atoms. The molecular formula is C18H15ClO4S. The lowest BCUT2D eigenvalue weighted by Gasteiger charge is -2.17. The molecule has 6 heteroatoms. The van der Waals surface area contributed by atoms with Gasteiger partial charge in [0, 0.05) is 15.5 Å². The molecule has 0 saturated carbocycles. The molecular weight excluding hydrogens is 348 g/mol. The van der Waals surface area contributed by atoms with Crippen molar-refractivity contribution in [2.24, 2.45) is 0 Å². The Balaban J connectivity index is 1.64. The fourth-order valence-corrected chi connectivity index (χ4v) is 3.33. The Morgan fingerprint density at radius 2 is 2.12 bits per heavy atom. The van der Waals surface area contributed by atoms with Crippen LogP contribution in [0.5, 0.6) is 5.75 Å². The minimum absolute atomic E-state index is 0.112. The average Bonchev–Trinajstić information content (AvgIpc) is 3.08. The van der Waals surface area contributed by atoms with Crippen LogP contribution in [0.2, 0.25) is 5.02 Å². The van der Waals surface area contributed by atoms with Gasteiger partial charge in [0.25, 0.3) is 0 Å².